The summed E-state index contributed by atoms with van der Waals surface area (Å²) in [4.78, 5) is 54.8. The normalized spacial score (nSPS) is 23.5. The fraction of sp³-hybridized carbons (Fsp3) is 0.810. The zero-order chi connectivity index (χ0) is 24.6. The maximum Gasteiger partial charge on any atom is 0.411 e. The molecule has 1 spiro atoms. The number of aliphatic hydroxyl groups excluding tert-OH is 1. The molecule has 2 aliphatic heterocycles. The van der Waals surface area contributed by atoms with Gasteiger partial charge in [-0.15, -0.1) is 0 Å². The van der Waals surface area contributed by atoms with E-state index in [9.17, 15) is 24.3 Å². The van der Waals surface area contributed by atoms with Crippen LogP contribution in [0, 0.1) is 0 Å². The predicted molar refractivity (Wildman–Crippen MR) is 114 cm³/mol. The Kier molecular flexibility index (Phi) is 7.04. The van der Waals surface area contributed by atoms with E-state index in [4.69, 9.17) is 15.2 Å². The van der Waals surface area contributed by atoms with Gasteiger partial charge in [0.05, 0.1) is 19.2 Å². The van der Waals surface area contributed by atoms with Crippen molar-refractivity contribution >= 4 is 24.0 Å². The molecule has 3 N–H and O–H groups in total. The topological polar surface area (TPSA) is 143 Å². The number of carbonyl (C=O) groups excluding carboxylic acids is 4. The van der Waals surface area contributed by atoms with Gasteiger partial charge in [-0.2, -0.15) is 0 Å². The van der Waals surface area contributed by atoms with Gasteiger partial charge in [-0.05, 0) is 48.0 Å². The summed E-state index contributed by atoms with van der Waals surface area (Å²) in [5.74, 6) is -1.42. The second kappa shape index (κ2) is 8.76. The number of β-lactam (4-membered cyclic amide) rings is 1. The summed E-state index contributed by atoms with van der Waals surface area (Å²) >= 11 is 0. The average Bonchev–Trinajstić information content (AvgIpc) is 2.63. The van der Waals surface area contributed by atoms with Gasteiger partial charge in [0.25, 0.3) is 5.91 Å². The molecule has 2 aliphatic rings. The number of piperazine rings is 1. The number of ether oxygens (including phenoxy) is 2. The molecule has 0 radical (unpaired) electrons. The first kappa shape index (κ1) is 25.7. The summed E-state index contributed by atoms with van der Waals surface area (Å²) in [5.41, 5.74) is 2.49. The monoisotopic (exact) mass is 456 g/mol. The van der Waals surface area contributed by atoms with Gasteiger partial charge in [0, 0.05) is 13.1 Å². The first-order valence-electron chi connectivity index (χ1n) is 10.8. The average molecular weight is 457 g/mol. The Balaban J connectivity index is 2.35. The van der Waals surface area contributed by atoms with Gasteiger partial charge in [0.2, 0.25) is 5.91 Å². The Morgan fingerprint density at radius 1 is 1.03 bits per heavy atom. The molecular formula is C21H36N4O7. The SMILES string of the molecule is CC[C@@H](O)[C@@H](C(N)=O)N1CC2(CN(C(=O)OC(C)(C)C)CCN2C(=O)OC(C)(C)C)C1=O. The van der Waals surface area contributed by atoms with E-state index in [-0.39, 0.29) is 32.6 Å². The van der Waals surface area contributed by atoms with E-state index in [2.05, 4.69) is 0 Å². The molecule has 0 saturated carbocycles. The lowest BCUT2D eigenvalue weighted by Gasteiger charge is -2.59. The molecule has 3 atom stereocenters. The lowest BCUT2D eigenvalue weighted by molar-refractivity contribution is -0.180. The molecular weight excluding hydrogens is 420 g/mol. The molecule has 0 aliphatic carbocycles. The third-order valence-electron chi connectivity index (χ3n) is 5.33. The zero-order valence-electron chi connectivity index (χ0n) is 20.0. The Hall–Kier alpha value is -2.56. The van der Waals surface area contributed by atoms with Crippen LogP contribution in [0.4, 0.5) is 9.59 Å². The van der Waals surface area contributed by atoms with Crippen LogP contribution in [-0.4, -0.2) is 98.9 Å². The Labute approximate surface area is 188 Å². The first-order chi connectivity index (χ1) is 14.5. The largest absolute Gasteiger partial charge is 0.444 e. The molecule has 11 nitrogen and oxygen atoms in total. The predicted octanol–water partition coefficient (Wildman–Crippen LogP) is 0.680. The number of hydrogen-bond acceptors (Lipinski definition) is 7. The first-order valence-corrected chi connectivity index (χ1v) is 10.8. The highest BCUT2D eigenvalue weighted by Gasteiger charge is 2.63. The highest BCUT2D eigenvalue weighted by Crippen LogP contribution is 2.37. The number of carbonyl (C=O) groups is 4. The van der Waals surface area contributed by atoms with E-state index in [1.165, 1.54) is 9.80 Å². The van der Waals surface area contributed by atoms with E-state index < -0.39 is 52.9 Å². The molecule has 2 saturated heterocycles. The van der Waals surface area contributed by atoms with Crippen molar-refractivity contribution in [3.63, 3.8) is 0 Å². The van der Waals surface area contributed by atoms with Crippen LogP contribution in [0.2, 0.25) is 0 Å². The molecule has 4 amide bonds. The fourth-order valence-electron chi connectivity index (χ4n) is 3.89. The van der Waals surface area contributed by atoms with Gasteiger partial charge >= 0.3 is 12.2 Å². The van der Waals surface area contributed by atoms with Gasteiger partial charge in [-0.1, -0.05) is 6.92 Å². The number of aliphatic hydroxyl groups is 1. The number of rotatable bonds is 4. The Morgan fingerprint density at radius 2 is 1.56 bits per heavy atom. The van der Waals surface area contributed by atoms with Crippen molar-refractivity contribution in [2.24, 2.45) is 5.73 Å². The third-order valence-corrected chi connectivity index (χ3v) is 5.33. The van der Waals surface area contributed by atoms with Gasteiger partial charge in [-0.25, -0.2) is 9.59 Å². The molecule has 0 aromatic heterocycles. The van der Waals surface area contributed by atoms with Crippen molar-refractivity contribution in [2.45, 2.75) is 83.8 Å². The van der Waals surface area contributed by atoms with Crippen LogP contribution in [0.1, 0.15) is 54.9 Å². The molecule has 0 aromatic carbocycles. The van der Waals surface area contributed by atoms with Gasteiger partial charge in [0.1, 0.15) is 17.2 Å². The van der Waals surface area contributed by atoms with Crippen LogP contribution in [-0.2, 0) is 19.1 Å². The van der Waals surface area contributed by atoms with Crippen LogP contribution in [0.5, 0.6) is 0 Å². The summed E-state index contributed by atoms with van der Waals surface area (Å²) in [6, 6.07) is -1.23. The molecule has 0 aromatic rings. The second-order valence-corrected chi connectivity index (χ2v) is 10.3. The van der Waals surface area contributed by atoms with Crippen molar-refractivity contribution in [1.82, 2.24) is 14.7 Å². The minimum atomic E-state index is -1.43. The maximum absolute atomic E-state index is 13.4. The minimum absolute atomic E-state index is 0.0469. The standard InChI is InChI=1S/C21H36N4O7/c1-8-13(26)14(15(22)27)24-12-21(16(24)28)11-23(17(29)31-19(2,3)4)9-10-25(21)18(30)32-20(5,6)7/h13-14,26H,8-12H2,1-7H3,(H2,22,27)/t13-,14+,21?/m1/s1. The molecule has 2 heterocycles. The lowest BCUT2D eigenvalue weighted by atomic mass is 9.81. The fourth-order valence-corrected chi connectivity index (χ4v) is 3.89. The van der Waals surface area contributed by atoms with Gasteiger partial charge in [0.15, 0.2) is 5.54 Å². The summed E-state index contributed by atoms with van der Waals surface area (Å²) in [5, 5.41) is 10.2. The molecule has 11 heteroatoms. The van der Waals surface area contributed by atoms with E-state index >= 15 is 0 Å². The summed E-state index contributed by atoms with van der Waals surface area (Å²) < 4.78 is 10.9. The van der Waals surface area contributed by atoms with Crippen LogP contribution in [0.25, 0.3) is 0 Å². The number of nitrogens with zero attached hydrogens (tertiary/aromatic N) is 3. The molecule has 1 unspecified atom stereocenters. The number of nitrogens with two attached hydrogens (primary N) is 1. The van der Waals surface area contributed by atoms with Crippen molar-refractivity contribution in [3.8, 4) is 0 Å². The Bertz CT molecular complexity index is 773. The third kappa shape index (κ3) is 5.25. The number of primary amides is 1. The Morgan fingerprint density at radius 3 is 2.00 bits per heavy atom. The zero-order valence-corrected chi connectivity index (χ0v) is 20.0. The quantitative estimate of drug-likeness (QED) is 0.592. The second-order valence-electron chi connectivity index (χ2n) is 10.3. The lowest BCUT2D eigenvalue weighted by Crippen LogP contribution is -2.83. The van der Waals surface area contributed by atoms with Crippen molar-refractivity contribution in [1.29, 1.82) is 0 Å². The van der Waals surface area contributed by atoms with E-state index in [1.54, 1.807) is 48.5 Å². The molecule has 32 heavy (non-hydrogen) atoms. The van der Waals surface area contributed by atoms with Crippen molar-refractivity contribution in [3.05, 3.63) is 0 Å². The molecule has 2 fully saturated rings. The maximum atomic E-state index is 13.4. The van der Waals surface area contributed by atoms with Crippen LogP contribution < -0.4 is 5.73 Å². The summed E-state index contributed by atoms with van der Waals surface area (Å²) in [6.07, 6.45) is -2.23. The highest BCUT2D eigenvalue weighted by atomic mass is 16.6. The van der Waals surface area contributed by atoms with Gasteiger partial charge in [-0.3, -0.25) is 14.5 Å². The number of hydrogen-bond donors (Lipinski definition) is 2. The van der Waals surface area contributed by atoms with E-state index in [0.717, 1.165) is 4.90 Å². The minimum Gasteiger partial charge on any atom is -0.444 e. The number of likely N-dealkylation sites (tertiary alicyclic amines) is 1. The molecule has 2 rings (SSSR count). The smallest absolute Gasteiger partial charge is 0.411 e. The molecule has 0 bridgehead atoms. The number of amides is 4. The summed E-state index contributed by atoms with van der Waals surface area (Å²) in [6.45, 7) is 12.0. The van der Waals surface area contributed by atoms with Crippen LogP contribution in [0.15, 0.2) is 0 Å². The highest BCUT2D eigenvalue weighted by molar-refractivity contribution is 6.00. The van der Waals surface area contributed by atoms with Gasteiger partial charge < -0.3 is 30.1 Å². The van der Waals surface area contributed by atoms with Crippen LogP contribution >= 0.6 is 0 Å². The molecule has 182 valence electrons. The van der Waals surface area contributed by atoms with Crippen LogP contribution in [0.3, 0.4) is 0 Å². The summed E-state index contributed by atoms with van der Waals surface area (Å²) in [7, 11) is 0. The van der Waals surface area contributed by atoms with Crippen molar-refractivity contribution < 1.29 is 33.8 Å². The van der Waals surface area contributed by atoms with E-state index in [0.29, 0.717) is 0 Å². The van der Waals surface area contributed by atoms with Crippen molar-refractivity contribution in [2.75, 3.05) is 26.2 Å². The van der Waals surface area contributed by atoms with E-state index in [1.807, 2.05) is 0 Å².